The number of rotatable bonds is 8. The number of nitrogens with two attached hydrogens (primary N) is 1. The molecule has 25 heavy (non-hydrogen) atoms. The Hall–Kier alpha value is -1.89. The van der Waals surface area contributed by atoms with Crippen molar-refractivity contribution in [3.8, 4) is 11.5 Å². The van der Waals surface area contributed by atoms with Crippen molar-refractivity contribution in [3.63, 3.8) is 0 Å². The van der Waals surface area contributed by atoms with Gasteiger partial charge in [0.25, 0.3) is 5.92 Å². The van der Waals surface area contributed by atoms with Crippen molar-refractivity contribution in [3.05, 3.63) is 59.7 Å². The molecule has 0 saturated heterocycles. The van der Waals surface area contributed by atoms with Crippen molar-refractivity contribution in [1.29, 1.82) is 0 Å². The summed E-state index contributed by atoms with van der Waals surface area (Å²) in [4.78, 5) is 0. The molecular formula is C18H22ClF2NO3. The smallest absolute Gasteiger partial charge is 0.289 e. The molecular weight excluding hydrogens is 352 g/mol. The SMILES string of the molecule is CCOc1cc([C@@H](N)C(F)(F)CO)ccc1OCc1ccccc1.Cl. The van der Waals surface area contributed by atoms with Gasteiger partial charge in [-0.25, -0.2) is 8.78 Å². The van der Waals surface area contributed by atoms with Crippen LogP contribution in [0, 0.1) is 0 Å². The van der Waals surface area contributed by atoms with Gasteiger partial charge in [-0.2, -0.15) is 0 Å². The first-order valence-electron chi connectivity index (χ1n) is 7.65. The van der Waals surface area contributed by atoms with Crippen molar-refractivity contribution >= 4 is 12.4 Å². The summed E-state index contributed by atoms with van der Waals surface area (Å²) < 4.78 is 38.3. The van der Waals surface area contributed by atoms with E-state index in [2.05, 4.69) is 0 Å². The van der Waals surface area contributed by atoms with Crippen LogP contribution in [-0.2, 0) is 6.61 Å². The Labute approximate surface area is 152 Å². The summed E-state index contributed by atoms with van der Waals surface area (Å²) in [6.07, 6.45) is 0. The molecule has 3 N–H and O–H groups in total. The molecule has 138 valence electrons. The molecule has 2 rings (SSSR count). The largest absolute Gasteiger partial charge is 0.490 e. The van der Waals surface area contributed by atoms with Gasteiger partial charge in [0.05, 0.1) is 12.6 Å². The Bertz CT molecular complexity index is 656. The number of aliphatic hydroxyl groups is 1. The lowest BCUT2D eigenvalue weighted by molar-refractivity contribution is -0.0712. The quantitative estimate of drug-likeness (QED) is 0.740. The van der Waals surface area contributed by atoms with Gasteiger partial charge in [0.1, 0.15) is 13.2 Å². The minimum absolute atomic E-state index is 0. The second-order valence-electron chi connectivity index (χ2n) is 5.31. The molecule has 0 aliphatic heterocycles. The first kappa shape index (κ1) is 21.2. The maximum absolute atomic E-state index is 13.6. The van der Waals surface area contributed by atoms with Crippen LogP contribution >= 0.6 is 12.4 Å². The fourth-order valence-corrected chi connectivity index (χ4v) is 2.18. The van der Waals surface area contributed by atoms with E-state index in [0.717, 1.165) is 5.56 Å². The highest BCUT2D eigenvalue weighted by molar-refractivity contribution is 5.85. The summed E-state index contributed by atoms with van der Waals surface area (Å²) in [5.74, 6) is -2.62. The van der Waals surface area contributed by atoms with Gasteiger partial charge in [-0.15, -0.1) is 12.4 Å². The van der Waals surface area contributed by atoms with Gasteiger partial charge in [0, 0.05) is 0 Å². The van der Waals surface area contributed by atoms with Crippen LogP contribution in [-0.4, -0.2) is 24.2 Å². The molecule has 0 aromatic heterocycles. The third-order valence-corrected chi connectivity index (χ3v) is 3.53. The van der Waals surface area contributed by atoms with E-state index in [0.29, 0.717) is 24.7 Å². The summed E-state index contributed by atoms with van der Waals surface area (Å²) >= 11 is 0. The van der Waals surface area contributed by atoms with Crippen LogP contribution in [0.2, 0.25) is 0 Å². The summed E-state index contributed by atoms with van der Waals surface area (Å²) in [6.45, 7) is 1.16. The first-order chi connectivity index (χ1) is 11.5. The average molecular weight is 374 g/mol. The number of hydrogen-bond acceptors (Lipinski definition) is 4. The standard InChI is InChI=1S/C18H21F2NO3.ClH/c1-2-23-16-10-14(17(21)18(19,20)12-22)8-9-15(16)24-11-13-6-4-3-5-7-13;/h3-10,17,22H,2,11-12,21H2,1H3;1H/t17-;/m1./s1. The van der Waals surface area contributed by atoms with E-state index >= 15 is 0 Å². The zero-order valence-electron chi connectivity index (χ0n) is 13.8. The van der Waals surface area contributed by atoms with Crippen molar-refractivity contribution < 1.29 is 23.4 Å². The fourth-order valence-electron chi connectivity index (χ4n) is 2.18. The third kappa shape index (κ3) is 5.56. The van der Waals surface area contributed by atoms with Crippen LogP contribution < -0.4 is 15.2 Å². The Morgan fingerprint density at radius 3 is 2.36 bits per heavy atom. The Kier molecular flexibility index (Phi) is 8.09. The average Bonchev–Trinajstić information content (AvgIpc) is 2.61. The molecule has 0 amide bonds. The molecule has 0 saturated carbocycles. The van der Waals surface area contributed by atoms with Gasteiger partial charge in [0.15, 0.2) is 11.5 Å². The van der Waals surface area contributed by atoms with Crippen LogP contribution in [0.5, 0.6) is 11.5 Å². The number of ether oxygens (including phenoxy) is 2. The predicted molar refractivity (Wildman–Crippen MR) is 94.6 cm³/mol. The molecule has 2 aromatic rings. The van der Waals surface area contributed by atoms with Gasteiger partial charge in [-0.1, -0.05) is 36.4 Å². The summed E-state index contributed by atoms with van der Waals surface area (Å²) in [5.41, 5.74) is 6.71. The molecule has 0 aliphatic rings. The highest BCUT2D eigenvalue weighted by Crippen LogP contribution is 2.35. The van der Waals surface area contributed by atoms with Crippen molar-refractivity contribution in [2.45, 2.75) is 25.5 Å². The van der Waals surface area contributed by atoms with Gasteiger partial charge < -0.3 is 20.3 Å². The van der Waals surface area contributed by atoms with Gasteiger partial charge in [-0.05, 0) is 30.2 Å². The van der Waals surface area contributed by atoms with E-state index in [1.165, 1.54) is 12.1 Å². The van der Waals surface area contributed by atoms with Crippen LogP contribution in [0.25, 0.3) is 0 Å². The third-order valence-electron chi connectivity index (χ3n) is 3.53. The van der Waals surface area contributed by atoms with E-state index in [1.54, 1.807) is 13.0 Å². The second-order valence-corrected chi connectivity index (χ2v) is 5.31. The second kappa shape index (κ2) is 9.56. The van der Waals surface area contributed by atoms with Crippen LogP contribution in [0.15, 0.2) is 48.5 Å². The zero-order chi connectivity index (χ0) is 17.6. The van der Waals surface area contributed by atoms with Gasteiger partial charge in [-0.3, -0.25) is 0 Å². The topological polar surface area (TPSA) is 64.7 Å². The van der Waals surface area contributed by atoms with Crippen LogP contribution in [0.1, 0.15) is 24.1 Å². The first-order valence-corrected chi connectivity index (χ1v) is 7.65. The summed E-state index contributed by atoms with van der Waals surface area (Å²) in [5, 5.41) is 8.78. The molecule has 0 spiro atoms. The zero-order valence-corrected chi connectivity index (χ0v) is 14.6. The maximum atomic E-state index is 13.6. The molecule has 0 fully saturated rings. The number of hydrogen-bond donors (Lipinski definition) is 2. The normalized spacial score (nSPS) is 12.2. The number of halogens is 3. The fraction of sp³-hybridized carbons (Fsp3) is 0.333. The summed E-state index contributed by atoms with van der Waals surface area (Å²) in [6, 6.07) is 12.4. The lowest BCUT2D eigenvalue weighted by Gasteiger charge is -2.23. The van der Waals surface area contributed by atoms with Crippen molar-refractivity contribution in [1.82, 2.24) is 0 Å². The molecule has 4 nitrogen and oxygen atoms in total. The van der Waals surface area contributed by atoms with Gasteiger partial charge in [0.2, 0.25) is 0 Å². The number of alkyl halides is 2. The molecule has 1 atom stereocenters. The molecule has 0 heterocycles. The van der Waals surface area contributed by atoms with Crippen molar-refractivity contribution in [2.75, 3.05) is 13.2 Å². The van der Waals surface area contributed by atoms with E-state index in [-0.39, 0.29) is 18.0 Å². The highest BCUT2D eigenvalue weighted by Gasteiger charge is 2.37. The van der Waals surface area contributed by atoms with Crippen LogP contribution in [0.3, 0.4) is 0 Å². The lowest BCUT2D eigenvalue weighted by Crippen LogP contribution is -2.36. The Morgan fingerprint density at radius 1 is 1.08 bits per heavy atom. The predicted octanol–water partition coefficient (Wildman–Crippen LogP) is 3.71. The van der Waals surface area contributed by atoms with E-state index in [4.69, 9.17) is 20.3 Å². The molecule has 0 unspecified atom stereocenters. The molecule has 0 aliphatic carbocycles. The minimum Gasteiger partial charge on any atom is -0.490 e. The van der Waals surface area contributed by atoms with E-state index < -0.39 is 18.6 Å². The minimum atomic E-state index is -3.41. The lowest BCUT2D eigenvalue weighted by atomic mass is 10.0. The van der Waals surface area contributed by atoms with Gasteiger partial charge >= 0.3 is 0 Å². The number of benzene rings is 2. The van der Waals surface area contributed by atoms with E-state index in [1.807, 2.05) is 30.3 Å². The van der Waals surface area contributed by atoms with E-state index in [9.17, 15) is 8.78 Å². The monoisotopic (exact) mass is 373 g/mol. The maximum Gasteiger partial charge on any atom is 0.289 e. The summed E-state index contributed by atoms with van der Waals surface area (Å²) in [7, 11) is 0. The molecule has 7 heteroatoms. The Morgan fingerprint density at radius 2 is 1.76 bits per heavy atom. The molecule has 2 aromatic carbocycles. The molecule has 0 bridgehead atoms. The Balaban J connectivity index is 0.00000312. The molecule has 0 radical (unpaired) electrons. The van der Waals surface area contributed by atoms with Crippen LogP contribution in [0.4, 0.5) is 8.78 Å². The van der Waals surface area contributed by atoms with Crippen molar-refractivity contribution in [2.24, 2.45) is 5.73 Å². The highest BCUT2D eigenvalue weighted by atomic mass is 35.5. The number of aliphatic hydroxyl groups excluding tert-OH is 1.